The quantitative estimate of drug-likeness (QED) is 0.652. The Kier molecular flexibility index (Phi) is 6.12. The summed E-state index contributed by atoms with van der Waals surface area (Å²) in [5, 5.41) is 9.30. The van der Waals surface area contributed by atoms with Crippen molar-refractivity contribution in [3.05, 3.63) is 0 Å². The van der Waals surface area contributed by atoms with Crippen molar-refractivity contribution in [1.29, 1.82) is 5.26 Å². The molecule has 0 amide bonds. The molecule has 0 saturated heterocycles. The van der Waals surface area contributed by atoms with Crippen LogP contribution in [-0.4, -0.2) is 36.0 Å². The summed E-state index contributed by atoms with van der Waals surface area (Å²) in [4.78, 5) is 2.51. The summed E-state index contributed by atoms with van der Waals surface area (Å²) < 4.78 is 0. The molecule has 2 unspecified atom stereocenters. The normalized spacial score (nSPS) is 25.7. The van der Waals surface area contributed by atoms with Gasteiger partial charge in [0.2, 0.25) is 0 Å². The molecule has 1 fully saturated rings. The van der Waals surface area contributed by atoms with E-state index in [-0.39, 0.29) is 0 Å². The van der Waals surface area contributed by atoms with Crippen molar-refractivity contribution in [1.82, 2.24) is 4.90 Å². The smallest absolute Gasteiger partial charge is 0.0621 e. The largest absolute Gasteiger partial charge is 0.302 e. The van der Waals surface area contributed by atoms with Crippen LogP contribution in [0.3, 0.4) is 0 Å². The van der Waals surface area contributed by atoms with Gasteiger partial charge in [0, 0.05) is 17.7 Å². The minimum absolute atomic E-state index is 0.713. The molecule has 1 saturated carbocycles. The van der Waals surface area contributed by atoms with Crippen LogP contribution < -0.4 is 0 Å². The van der Waals surface area contributed by atoms with Crippen LogP contribution in [0.25, 0.3) is 0 Å². The lowest BCUT2D eigenvalue weighted by molar-refractivity contribution is 0.245. The van der Waals surface area contributed by atoms with Crippen molar-refractivity contribution in [2.45, 2.75) is 49.8 Å². The highest BCUT2D eigenvalue weighted by Crippen LogP contribution is 2.31. The maximum Gasteiger partial charge on any atom is 0.0621 e. The van der Waals surface area contributed by atoms with E-state index in [1.165, 1.54) is 25.7 Å². The van der Waals surface area contributed by atoms with Gasteiger partial charge in [-0.2, -0.15) is 17.0 Å². The summed E-state index contributed by atoms with van der Waals surface area (Å²) >= 11 is 2.02. The lowest BCUT2D eigenvalue weighted by Gasteiger charge is -2.28. The minimum atomic E-state index is 0.713. The molecule has 86 valence electrons. The second-order valence-electron chi connectivity index (χ2n) is 4.37. The molecule has 3 heteroatoms. The number of rotatable bonds is 6. The van der Waals surface area contributed by atoms with Gasteiger partial charge in [-0.3, -0.25) is 0 Å². The van der Waals surface area contributed by atoms with Gasteiger partial charge in [0.1, 0.15) is 0 Å². The van der Waals surface area contributed by atoms with E-state index < -0.39 is 0 Å². The summed E-state index contributed by atoms with van der Waals surface area (Å²) in [5.74, 6) is 0. The summed E-state index contributed by atoms with van der Waals surface area (Å²) in [6.07, 6.45) is 9.30. The van der Waals surface area contributed by atoms with E-state index in [1.54, 1.807) is 0 Å². The Labute approximate surface area is 98.0 Å². The molecule has 0 aliphatic heterocycles. The van der Waals surface area contributed by atoms with Gasteiger partial charge in [-0.1, -0.05) is 6.42 Å². The lowest BCUT2D eigenvalue weighted by atomic mass is 10.2. The number of nitriles is 1. The third kappa shape index (κ3) is 4.04. The fourth-order valence-electron chi connectivity index (χ4n) is 2.42. The van der Waals surface area contributed by atoms with Gasteiger partial charge in [0.15, 0.2) is 0 Å². The second-order valence-corrected chi connectivity index (χ2v) is 5.45. The monoisotopic (exact) mass is 226 g/mol. The van der Waals surface area contributed by atoms with E-state index in [0.717, 1.165) is 24.3 Å². The topological polar surface area (TPSA) is 27.0 Å². The Hall–Kier alpha value is -0.200. The molecule has 2 atom stereocenters. The molecular formula is C12H22N2S. The van der Waals surface area contributed by atoms with E-state index in [9.17, 15) is 0 Å². The van der Waals surface area contributed by atoms with Crippen molar-refractivity contribution in [3.63, 3.8) is 0 Å². The van der Waals surface area contributed by atoms with Gasteiger partial charge in [0.05, 0.1) is 6.07 Å². The van der Waals surface area contributed by atoms with Crippen molar-refractivity contribution in [2.24, 2.45) is 0 Å². The summed E-state index contributed by atoms with van der Waals surface area (Å²) in [7, 11) is 2.24. The van der Waals surface area contributed by atoms with Crippen LogP contribution in [0.5, 0.6) is 0 Å². The Bertz CT molecular complexity index is 212. The molecule has 1 aliphatic rings. The van der Waals surface area contributed by atoms with E-state index in [0.29, 0.717) is 6.42 Å². The van der Waals surface area contributed by atoms with Crippen molar-refractivity contribution in [2.75, 3.05) is 19.8 Å². The molecule has 1 aliphatic carbocycles. The highest BCUT2D eigenvalue weighted by Gasteiger charge is 2.29. The average Bonchev–Trinajstić information content (AvgIpc) is 2.72. The third-order valence-electron chi connectivity index (χ3n) is 3.34. The molecule has 0 aromatic heterocycles. The first-order valence-electron chi connectivity index (χ1n) is 5.89. The minimum Gasteiger partial charge on any atom is -0.302 e. The van der Waals surface area contributed by atoms with Gasteiger partial charge in [0.25, 0.3) is 0 Å². The average molecular weight is 226 g/mol. The Balaban J connectivity index is 2.21. The molecule has 0 aromatic carbocycles. The number of hydrogen-bond donors (Lipinski definition) is 0. The zero-order chi connectivity index (χ0) is 11.1. The first-order valence-corrected chi connectivity index (χ1v) is 7.18. The molecule has 0 spiro atoms. The van der Waals surface area contributed by atoms with Crippen molar-refractivity contribution < 1.29 is 0 Å². The molecule has 0 N–H and O–H groups in total. The fraction of sp³-hybridized carbons (Fsp3) is 0.917. The number of nitrogens with zero attached hydrogens (tertiary/aromatic N) is 2. The number of unbranched alkanes of at least 4 members (excludes halogenated alkanes) is 2. The van der Waals surface area contributed by atoms with Crippen LogP contribution in [0.1, 0.15) is 38.5 Å². The van der Waals surface area contributed by atoms with Crippen LogP contribution in [0, 0.1) is 11.3 Å². The zero-order valence-electron chi connectivity index (χ0n) is 9.91. The van der Waals surface area contributed by atoms with Gasteiger partial charge in [-0.25, -0.2) is 0 Å². The zero-order valence-corrected chi connectivity index (χ0v) is 10.7. The highest BCUT2D eigenvalue weighted by atomic mass is 32.2. The molecule has 2 nitrogen and oxygen atoms in total. The predicted octanol–water partition coefficient (Wildman–Crippen LogP) is 2.90. The van der Waals surface area contributed by atoms with Crippen LogP contribution in [0.4, 0.5) is 0 Å². The highest BCUT2D eigenvalue weighted by molar-refractivity contribution is 7.99. The maximum absolute atomic E-state index is 8.46. The van der Waals surface area contributed by atoms with E-state index in [1.807, 2.05) is 11.8 Å². The van der Waals surface area contributed by atoms with Crippen LogP contribution in [0.15, 0.2) is 0 Å². The summed E-state index contributed by atoms with van der Waals surface area (Å²) in [6.45, 7) is 1.16. The number of thioether (sulfide) groups is 1. The molecule has 0 radical (unpaired) electrons. The molecule has 15 heavy (non-hydrogen) atoms. The predicted molar refractivity (Wildman–Crippen MR) is 67.0 cm³/mol. The van der Waals surface area contributed by atoms with Crippen LogP contribution in [0.2, 0.25) is 0 Å². The molecule has 0 aromatic rings. The molecule has 0 heterocycles. The summed E-state index contributed by atoms with van der Waals surface area (Å²) in [5.41, 5.74) is 0. The van der Waals surface area contributed by atoms with Gasteiger partial charge in [-0.15, -0.1) is 0 Å². The van der Waals surface area contributed by atoms with Gasteiger partial charge in [-0.05, 0) is 45.5 Å². The van der Waals surface area contributed by atoms with E-state index in [4.69, 9.17) is 5.26 Å². The van der Waals surface area contributed by atoms with Crippen molar-refractivity contribution >= 4 is 11.8 Å². The number of hydrogen-bond acceptors (Lipinski definition) is 3. The van der Waals surface area contributed by atoms with Crippen LogP contribution in [-0.2, 0) is 0 Å². The standard InChI is InChI=1S/C12H22N2S/c1-14(10-5-3-4-9-13)11-7-6-8-12(11)15-2/h11-12H,3-8,10H2,1-2H3. The van der Waals surface area contributed by atoms with E-state index in [2.05, 4.69) is 24.3 Å². The van der Waals surface area contributed by atoms with E-state index >= 15 is 0 Å². The molecular weight excluding hydrogens is 204 g/mol. The lowest BCUT2D eigenvalue weighted by Crippen LogP contribution is -2.36. The maximum atomic E-state index is 8.46. The summed E-state index contributed by atoms with van der Waals surface area (Å²) in [6, 6.07) is 2.99. The first kappa shape index (κ1) is 12.9. The third-order valence-corrected chi connectivity index (χ3v) is 4.49. The molecule has 1 rings (SSSR count). The van der Waals surface area contributed by atoms with Gasteiger partial charge < -0.3 is 4.90 Å². The Morgan fingerprint density at radius 2 is 2.20 bits per heavy atom. The second kappa shape index (κ2) is 7.14. The fourth-order valence-corrected chi connectivity index (χ4v) is 3.48. The molecule has 0 bridgehead atoms. The SMILES string of the molecule is CSC1CCCC1N(C)CCCCC#N. The Morgan fingerprint density at radius 3 is 2.87 bits per heavy atom. The van der Waals surface area contributed by atoms with Crippen LogP contribution >= 0.6 is 11.8 Å². The first-order chi connectivity index (χ1) is 7.29. The van der Waals surface area contributed by atoms with Gasteiger partial charge >= 0.3 is 0 Å². The van der Waals surface area contributed by atoms with Crippen molar-refractivity contribution in [3.8, 4) is 6.07 Å². The Morgan fingerprint density at radius 1 is 1.40 bits per heavy atom.